The number of nitrogens with zero attached hydrogens (tertiary/aromatic N) is 2. The first-order valence-electron chi connectivity index (χ1n) is 11.4. The lowest BCUT2D eigenvalue weighted by molar-refractivity contribution is -0.132. The first-order chi connectivity index (χ1) is 14.9. The number of rotatable bonds is 7. The maximum atomic E-state index is 12.8. The van der Waals surface area contributed by atoms with Gasteiger partial charge in [0.15, 0.2) is 0 Å². The largest absolute Gasteiger partial charge is 0.343 e. The molecule has 0 unspecified atom stereocenters. The normalized spacial score (nSPS) is 14.5. The van der Waals surface area contributed by atoms with Gasteiger partial charge in [0.25, 0.3) is 0 Å². The summed E-state index contributed by atoms with van der Waals surface area (Å²) in [6, 6.07) is 18.2. The second-order valence-corrected chi connectivity index (χ2v) is 8.80. The van der Waals surface area contributed by atoms with Gasteiger partial charge in [0.05, 0.1) is 0 Å². The van der Waals surface area contributed by atoms with Gasteiger partial charge in [-0.15, -0.1) is 0 Å². The van der Waals surface area contributed by atoms with E-state index in [1.165, 1.54) is 5.56 Å². The molecule has 0 bridgehead atoms. The highest BCUT2D eigenvalue weighted by atomic mass is 16.2. The molecule has 0 atom stereocenters. The Morgan fingerprint density at radius 2 is 1.68 bits per heavy atom. The van der Waals surface area contributed by atoms with Gasteiger partial charge in [0, 0.05) is 37.8 Å². The third-order valence-electron chi connectivity index (χ3n) is 6.17. The molecular formula is C26H35N3O2. The van der Waals surface area contributed by atoms with Gasteiger partial charge in [0.1, 0.15) is 0 Å². The Kier molecular flexibility index (Phi) is 8.10. The van der Waals surface area contributed by atoms with Crippen LogP contribution in [0.3, 0.4) is 0 Å². The number of likely N-dealkylation sites (tertiary alicyclic amines) is 1. The second kappa shape index (κ2) is 11.0. The Labute approximate surface area is 186 Å². The summed E-state index contributed by atoms with van der Waals surface area (Å²) in [6.07, 6.45) is 3.54. The molecule has 31 heavy (non-hydrogen) atoms. The fourth-order valence-corrected chi connectivity index (χ4v) is 4.20. The van der Waals surface area contributed by atoms with Gasteiger partial charge in [-0.25, -0.2) is 4.79 Å². The van der Waals surface area contributed by atoms with Gasteiger partial charge in [-0.3, -0.25) is 4.79 Å². The molecular weight excluding hydrogens is 386 g/mol. The van der Waals surface area contributed by atoms with Crippen LogP contribution in [0, 0.1) is 12.8 Å². The number of urea groups is 1. The molecule has 3 rings (SSSR count). The first kappa shape index (κ1) is 22.9. The molecule has 0 spiro atoms. The van der Waals surface area contributed by atoms with Crippen LogP contribution in [0.5, 0.6) is 0 Å². The number of aryl methyl sites for hydroxylation is 1. The summed E-state index contributed by atoms with van der Waals surface area (Å²) in [6.45, 7) is 7.99. The molecule has 1 fully saturated rings. The van der Waals surface area contributed by atoms with E-state index >= 15 is 0 Å². The van der Waals surface area contributed by atoms with E-state index in [0.717, 1.165) is 43.6 Å². The highest BCUT2D eigenvalue weighted by Crippen LogP contribution is 2.22. The van der Waals surface area contributed by atoms with Crippen LogP contribution in [0.25, 0.3) is 0 Å². The molecule has 1 heterocycles. The van der Waals surface area contributed by atoms with Crippen LogP contribution in [0.1, 0.15) is 44.2 Å². The minimum atomic E-state index is -0.154. The van der Waals surface area contributed by atoms with E-state index in [-0.39, 0.29) is 18.0 Å². The van der Waals surface area contributed by atoms with Crippen LogP contribution in [0.4, 0.5) is 10.5 Å². The van der Waals surface area contributed by atoms with Crippen LogP contribution in [-0.2, 0) is 11.2 Å². The minimum Gasteiger partial charge on any atom is -0.343 e. The lowest BCUT2D eigenvalue weighted by atomic mass is 9.90. The van der Waals surface area contributed by atoms with Crippen molar-refractivity contribution in [2.75, 3.05) is 25.0 Å². The lowest BCUT2D eigenvalue weighted by Crippen LogP contribution is -2.44. The molecule has 3 amide bonds. The molecule has 1 saturated heterocycles. The Morgan fingerprint density at radius 3 is 2.32 bits per heavy atom. The van der Waals surface area contributed by atoms with Crippen LogP contribution in [-0.4, -0.2) is 47.4 Å². The predicted molar refractivity (Wildman–Crippen MR) is 126 cm³/mol. The smallest absolute Gasteiger partial charge is 0.322 e. The molecule has 2 aromatic carbocycles. The fourth-order valence-electron chi connectivity index (χ4n) is 4.20. The van der Waals surface area contributed by atoms with Crippen molar-refractivity contribution < 1.29 is 9.59 Å². The summed E-state index contributed by atoms with van der Waals surface area (Å²) in [5.74, 6) is 0.783. The van der Waals surface area contributed by atoms with E-state index < -0.39 is 0 Å². The summed E-state index contributed by atoms with van der Waals surface area (Å²) >= 11 is 0. The third-order valence-corrected chi connectivity index (χ3v) is 6.17. The van der Waals surface area contributed by atoms with Crippen molar-refractivity contribution in [1.82, 2.24) is 9.80 Å². The van der Waals surface area contributed by atoms with Gasteiger partial charge < -0.3 is 15.1 Å². The topological polar surface area (TPSA) is 52.7 Å². The van der Waals surface area contributed by atoms with Gasteiger partial charge in [-0.1, -0.05) is 48.5 Å². The minimum absolute atomic E-state index is 0.0217. The summed E-state index contributed by atoms with van der Waals surface area (Å²) < 4.78 is 0. The average Bonchev–Trinajstić information content (AvgIpc) is 2.76. The zero-order chi connectivity index (χ0) is 22.2. The maximum absolute atomic E-state index is 12.8. The second-order valence-electron chi connectivity index (χ2n) is 8.80. The molecule has 2 aromatic rings. The predicted octanol–water partition coefficient (Wildman–Crippen LogP) is 5.11. The van der Waals surface area contributed by atoms with Crippen LogP contribution < -0.4 is 5.32 Å². The number of carbonyl (C=O) groups is 2. The van der Waals surface area contributed by atoms with Crippen LogP contribution in [0.15, 0.2) is 54.6 Å². The van der Waals surface area contributed by atoms with E-state index in [4.69, 9.17) is 0 Å². The van der Waals surface area contributed by atoms with Crippen molar-refractivity contribution in [3.63, 3.8) is 0 Å². The van der Waals surface area contributed by atoms with Crippen molar-refractivity contribution in [2.45, 2.75) is 52.5 Å². The highest BCUT2D eigenvalue weighted by Gasteiger charge is 2.25. The number of nitrogens with one attached hydrogen (secondary N) is 1. The number of amides is 3. The van der Waals surface area contributed by atoms with Crippen molar-refractivity contribution in [3.8, 4) is 0 Å². The number of carbonyl (C=O) groups excluding carboxylic acids is 2. The molecule has 1 aliphatic rings. The van der Waals surface area contributed by atoms with Crippen molar-refractivity contribution in [2.24, 2.45) is 5.92 Å². The van der Waals surface area contributed by atoms with E-state index in [1.807, 2.05) is 56.0 Å². The van der Waals surface area contributed by atoms with Gasteiger partial charge in [-0.05, 0) is 63.1 Å². The van der Waals surface area contributed by atoms with Gasteiger partial charge >= 0.3 is 6.03 Å². The number of piperidine rings is 1. The molecule has 0 saturated carbocycles. The van der Waals surface area contributed by atoms with Crippen LogP contribution >= 0.6 is 0 Å². The first-order valence-corrected chi connectivity index (χ1v) is 11.4. The monoisotopic (exact) mass is 421 g/mol. The molecule has 0 aromatic heterocycles. The van der Waals surface area contributed by atoms with Crippen molar-refractivity contribution >= 4 is 17.6 Å². The Balaban J connectivity index is 1.47. The van der Waals surface area contributed by atoms with Crippen molar-refractivity contribution in [1.29, 1.82) is 0 Å². The van der Waals surface area contributed by atoms with E-state index in [1.54, 1.807) is 4.90 Å². The number of para-hydroxylation sites is 1. The van der Waals surface area contributed by atoms with E-state index in [2.05, 4.69) is 29.6 Å². The van der Waals surface area contributed by atoms with E-state index in [9.17, 15) is 9.59 Å². The molecule has 5 heteroatoms. The molecule has 1 aliphatic heterocycles. The number of anilines is 1. The van der Waals surface area contributed by atoms with Crippen molar-refractivity contribution in [3.05, 3.63) is 65.7 Å². The average molecular weight is 422 g/mol. The zero-order valence-electron chi connectivity index (χ0n) is 19.0. The summed E-state index contributed by atoms with van der Waals surface area (Å²) in [5.41, 5.74) is 3.21. The quantitative estimate of drug-likeness (QED) is 0.675. The molecule has 166 valence electrons. The van der Waals surface area contributed by atoms with Gasteiger partial charge in [-0.2, -0.15) is 0 Å². The fraction of sp³-hybridized carbons (Fsp3) is 0.462. The standard InChI is InChI=1S/C26H35N3O2/c1-20(2)29(26(31)27-24-12-8-7-9-21(24)3)18-15-25(30)28-16-13-23(14-17-28)19-22-10-5-4-6-11-22/h4-12,20,23H,13-19H2,1-3H3,(H,27,31). The highest BCUT2D eigenvalue weighted by molar-refractivity contribution is 5.90. The zero-order valence-corrected chi connectivity index (χ0v) is 19.0. The molecule has 0 aliphatic carbocycles. The van der Waals surface area contributed by atoms with E-state index in [0.29, 0.717) is 18.9 Å². The Hall–Kier alpha value is -2.82. The number of benzene rings is 2. The number of hydrogen-bond acceptors (Lipinski definition) is 2. The van der Waals surface area contributed by atoms with Crippen LogP contribution in [0.2, 0.25) is 0 Å². The summed E-state index contributed by atoms with van der Waals surface area (Å²) in [5, 5.41) is 2.99. The molecule has 5 nitrogen and oxygen atoms in total. The molecule has 0 radical (unpaired) electrons. The Morgan fingerprint density at radius 1 is 1.03 bits per heavy atom. The summed E-state index contributed by atoms with van der Waals surface area (Å²) in [4.78, 5) is 29.3. The lowest BCUT2D eigenvalue weighted by Gasteiger charge is -2.33. The van der Waals surface area contributed by atoms with Gasteiger partial charge in [0.2, 0.25) is 5.91 Å². The maximum Gasteiger partial charge on any atom is 0.322 e. The third kappa shape index (κ3) is 6.58. The number of hydrogen-bond donors (Lipinski definition) is 1. The Bertz CT molecular complexity index is 858. The molecule has 1 N–H and O–H groups in total. The summed E-state index contributed by atoms with van der Waals surface area (Å²) in [7, 11) is 0. The SMILES string of the molecule is Cc1ccccc1NC(=O)N(CCC(=O)N1CCC(Cc2ccccc2)CC1)C(C)C.